The Hall–Kier alpha value is -2.87. The number of ether oxygens (including phenoxy) is 1. The molecule has 0 unspecified atom stereocenters. The van der Waals surface area contributed by atoms with Crippen LogP contribution in [0.2, 0.25) is 0 Å². The maximum absolute atomic E-state index is 12.2. The number of aryl methyl sites for hydroxylation is 1. The molecule has 0 saturated heterocycles. The van der Waals surface area contributed by atoms with Crippen molar-refractivity contribution in [2.45, 2.75) is 45.4 Å². The average Bonchev–Trinajstić information content (AvgIpc) is 2.73. The molecule has 0 bridgehead atoms. The van der Waals surface area contributed by atoms with E-state index in [-0.39, 0.29) is 5.97 Å². The van der Waals surface area contributed by atoms with E-state index in [1.165, 1.54) is 53.7 Å². The molecule has 0 spiro atoms. The van der Waals surface area contributed by atoms with E-state index < -0.39 is 0 Å². The predicted molar refractivity (Wildman–Crippen MR) is 120 cm³/mol. The first-order valence-corrected chi connectivity index (χ1v) is 10.6. The van der Waals surface area contributed by atoms with Gasteiger partial charge >= 0.3 is 5.97 Å². The first-order valence-electron chi connectivity index (χ1n) is 10.6. The van der Waals surface area contributed by atoms with Crippen LogP contribution >= 0.6 is 0 Å². The minimum Gasteiger partial charge on any atom is -0.423 e. The molecule has 4 rings (SSSR count). The second-order valence-corrected chi connectivity index (χ2v) is 8.39. The predicted octanol–water partition coefficient (Wildman–Crippen LogP) is 7.06. The van der Waals surface area contributed by atoms with Gasteiger partial charge in [-0.2, -0.15) is 0 Å². The molecule has 1 aliphatic rings. The molecule has 0 atom stereocenters. The van der Waals surface area contributed by atoms with Crippen molar-refractivity contribution in [3.63, 3.8) is 0 Å². The molecule has 1 saturated carbocycles. The van der Waals surface area contributed by atoms with Crippen molar-refractivity contribution in [3.8, 4) is 5.75 Å². The highest BCUT2D eigenvalue weighted by molar-refractivity contribution is 5.90. The van der Waals surface area contributed by atoms with Crippen molar-refractivity contribution in [1.29, 1.82) is 0 Å². The summed E-state index contributed by atoms with van der Waals surface area (Å²) in [5.74, 6) is 1.74. The molecular weight excluding hydrogens is 356 g/mol. The molecule has 2 nitrogen and oxygen atoms in total. The van der Waals surface area contributed by atoms with Gasteiger partial charge in [-0.25, -0.2) is 4.79 Å². The quantitative estimate of drug-likeness (QED) is 0.273. The summed E-state index contributed by atoms with van der Waals surface area (Å²) in [6.45, 7) is 4.43. The number of carbonyl (C=O) groups excluding carboxylic acids is 1. The third kappa shape index (κ3) is 4.95. The van der Waals surface area contributed by atoms with Crippen LogP contribution in [0.25, 0.3) is 16.8 Å². The molecule has 1 aliphatic carbocycles. The topological polar surface area (TPSA) is 26.3 Å². The van der Waals surface area contributed by atoms with Crippen LogP contribution in [-0.2, 0) is 4.79 Å². The Morgan fingerprint density at radius 2 is 1.59 bits per heavy atom. The van der Waals surface area contributed by atoms with Crippen molar-refractivity contribution < 1.29 is 9.53 Å². The molecule has 3 aromatic carbocycles. The smallest absolute Gasteiger partial charge is 0.336 e. The number of esters is 1. The summed E-state index contributed by atoms with van der Waals surface area (Å²) in [5, 5.41) is 2.37. The minimum absolute atomic E-state index is 0.353. The summed E-state index contributed by atoms with van der Waals surface area (Å²) in [4.78, 5) is 12.2. The van der Waals surface area contributed by atoms with E-state index in [1.54, 1.807) is 6.08 Å². The Bertz CT molecular complexity index is 1020. The first kappa shape index (κ1) is 19.4. The van der Waals surface area contributed by atoms with Crippen molar-refractivity contribution in [2.24, 2.45) is 5.92 Å². The Labute approximate surface area is 173 Å². The van der Waals surface area contributed by atoms with Crippen LogP contribution in [0.4, 0.5) is 0 Å². The molecule has 0 aliphatic heterocycles. The van der Waals surface area contributed by atoms with E-state index in [9.17, 15) is 4.79 Å². The second-order valence-electron chi connectivity index (χ2n) is 8.39. The minimum atomic E-state index is -0.353. The van der Waals surface area contributed by atoms with Crippen molar-refractivity contribution in [2.75, 3.05) is 0 Å². The molecule has 0 N–H and O–H groups in total. The van der Waals surface area contributed by atoms with Gasteiger partial charge in [-0.3, -0.25) is 0 Å². The van der Waals surface area contributed by atoms with Crippen LogP contribution in [0.1, 0.15) is 55.2 Å². The molecule has 148 valence electrons. The van der Waals surface area contributed by atoms with Gasteiger partial charge in [0.05, 0.1) is 0 Å². The lowest BCUT2D eigenvalue weighted by atomic mass is 9.79. The molecule has 29 heavy (non-hydrogen) atoms. The Balaban J connectivity index is 1.37. The summed E-state index contributed by atoms with van der Waals surface area (Å²) in [7, 11) is 0. The van der Waals surface area contributed by atoms with Gasteiger partial charge in [0.25, 0.3) is 0 Å². The van der Waals surface area contributed by atoms with Gasteiger partial charge in [0.2, 0.25) is 0 Å². The normalized spacial score (nSPS) is 19.5. The van der Waals surface area contributed by atoms with Gasteiger partial charge in [0, 0.05) is 6.08 Å². The fraction of sp³-hybridized carbons (Fsp3) is 0.296. The first-order chi connectivity index (χ1) is 14.1. The third-order valence-corrected chi connectivity index (χ3v) is 6.02. The van der Waals surface area contributed by atoms with Crippen LogP contribution < -0.4 is 4.74 Å². The van der Waals surface area contributed by atoms with Gasteiger partial charge in [0.15, 0.2) is 0 Å². The van der Waals surface area contributed by atoms with Crippen LogP contribution in [0.15, 0.2) is 66.7 Å². The summed E-state index contributed by atoms with van der Waals surface area (Å²) in [5.41, 5.74) is 3.59. The van der Waals surface area contributed by atoms with Crippen molar-refractivity contribution >= 4 is 22.8 Å². The summed E-state index contributed by atoms with van der Waals surface area (Å²) in [6.07, 6.45) is 8.43. The molecule has 0 heterocycles. The van der Waals surface area contributed by atoms with Gasteiger partial charge in [-0.05, 0) is 77.8 Å². The lowest BCUT2D eigenvalue weighted by Gasteiger charge is -2.26. The van der Waals surface area contributed by atoms with Gasteiger partial charge < -0.3 is 4.74 Å². The van der Waals surface area contributed by atoms with E-state index in [4.69, 9.17) is 4.74 Å². The zero-order chi connectivity index (χ0) is 20.2. The summed E-state index contributed by atoms with van der Waals surface area (Å²) < 4.78 is 5.47. The van der Waals surface area contributed by atoms with Gasteiger partial charge in [0.1, 0.15) is 5.75 Å². The molecule has 0 amide bonds. The van der Waals surface area contributed by atoms with Crippen LogP contribution in [0.5, 0.6) is 5.75 Å². The second kappa shape index (κ2) is 8.65. The fourth-order valence-electron chi connectivity index (χ4n) is 4.20. The molecular formula is C27H28O2. The Kier molecular flexibility index (Phi) is 5.80. The number of fused-ring (bicyclic) bond motifs is 1. The van der Waals surface area contributed by atoms with E-state index in [0.29, 0.717) is 11.7 Å². The van der Waals surface area contributed by atoms with Crippen LogP contribution in [0.3, 0.4) is 0 Å². The molecule has 1 fully saturated rings. The summed E-state index contributed by atoms with van der Waals surface area (Å²) >= 11 is 0. The van der Waals surface area contributed by atoms with E-state index in [1.807, 2.05) is 18.2 Å². The van der Waals surface area contributed by atoms with Gasteiger partial charge in [-0.15, -0.1) is 0 Å². The zero-order valence-corrected chi connectivity index (χ0v) is 17.2. The highest BCUT2D eigenvalue weighted by atomic mass is 16.5. The number of benzene rings is 3. The van der Waals surface area contributed by atoms with E-state index in [0.717, 1.165) is 11.5 Å². The lowest BCUT2D eigenvalue weighted by Crippen LogP contribution is -2.10. The maximum atomic E-state index is 12.2. The SMILES string of the molecule is Cc1ccc2cc(/C=C/C(=O)Oc3ccc(C4CCC(C)CC4)cc3)ccc2c1. The standard InChI is InChI=1S/C27H28O2/c1-19-3-8-22(9-4-19)23-12-14-26(15-13-23)29-27(28)16-7-21-6-11-24-17-20(2)5-10-25(24)18-21/h5-7,10-19,22H,3-4,8-9H2,1-2H3/b16-7+. The highest BCUT2D eigenvalue weighted by Gasteiger charge is 2.19. The largest absolute Gasteiger partial charge is 0.423 e. The maximum Gasteiger partial charge on any atom is 0.336 e. The number of rotatable bonds is 4. The van der Waals surface area contributed by atoms with E-state index >= 15 is 0 Å². The van der Waals surface area contributed by atoms with Crippen LogP contribution in [-0.4, -0.2) is 5.97 Å². The summed E-state index contributed by atoms with van der Waals surface area (Å²) in [6, 6.07) is 20.6. The zero-order valence-electron chi connectivity index (χ0n) is 17.2. The molecule has 0 aromatic heterocycles. The Morgan fingerprint density at radius 1 is 0.897 bits per heavy atom. The van der Waals surface area contributed by atoms with Crippen LogP contribution in [0, 0.1) is 12.8 Å². The third-order valence-electron chi connectivity index (χ3n) is 6.02. The molecule has 3 aromatic rings. The number of carbonyl (C=O) groups is 1. The van der Waals surface area contributed by atoms with Gasteiger partial charge in [-0.1, -0.05) is 67.8 Å². The monoisotopic (exact) mass is 384 g/mol. The highest BCUT2D eigenvalue weighted by Crippen LogP contribution is 2.35. The number of hydrogen-bond donors (Lipinski definition) is 0. The van der Waals surface area contributed by atoms with E-state index in [2.05, 4.69) is 56.3 Å². The molecule has 2 heteroatoms. The lowest BCUT2D eigenvalue weighted by molar-refractivity contribution is -0.128. The molecule has 0 radical (unpaired) electrons. The average molecular weight is 385 g/mol. The van der Waals surface area contributed by atoms with Crippen molar-refractivity contribution in [1.82, 2.24) is 0 Å². The van der Waals surface area contributed by atoms with Crippen molar-refractivity contribution in [3.05, 3.63) is 83.4 Å². The Morgan fingerprint density at radius 3 is 2.34 bits per heavy atom. The number of hydrogen-bond acceptors (Lipinski definition) is 2. The fourth-order valence-corrected chi connectivity index (χ4v) is 4.20.